The average molecular weight is 228 g/mol. The molecule has 1 N–H and O–H groups in total. The molecule has 1 aromatic heterocycles. The van der Waals surface area contributed by atoms with Gasteiger partial charge in [0.2, 0.25) is 0 Å². The number of nitrogens with zero attached hydrogens (tertiary/aromatic N) is 1. The number of ketones is 1. The number of pyridine rings is 1. The number of nitrogens with one attached hydrogen (secondary N) is 1. The minimum absolute atomic E-state index is 0.107. The molecule has 0 aliphatic carbocycles. The third-order valence-electron chi connectivity index (χ3n) is 2.95. The van der Waals surface area contributed by atoms with Crippen LogP contribution < -0.4 is 5.32 Å². The molecule has 0 saturated carbocycles. The molecule has 0 radical (unpaired) electrons. The summed E-state index contributed by atoms with van der Waals surface area (Å²) < 4.78 is 0. The fourth-order valence-electron chi connectivity index (χ4n) is 1.94. The first-order valence-corrected chi connectivity index (χ1v) is 5.72. The summed E-state index contributed by atoms with van der Waals surface area (Å²) in [5.74, 6) is 0.166. The van der Waals surface area contributed by atoms with Gasteiger partial charge in [0.15, 0.2) is 0 Å². The van der Waals surface area contributed by atoms with Crippen molar-refractivity contribution >= 4 is 16.7 Å². The number of hydrogen-bond donors (Lipinski definition) is 1. The largest absolute Gasteiger partial charge is 0.310 e. The topological polar surface area (TPSA) is 42.0 Å². The normalized spacial score (nSPS) is 12.6. The van der Waals surface area contributed by atoms with Crippen LogP contribution in [-0.2, 0) is 11.2 Å². The Balaban J connectivity index is 2.27. The van der Waals surface area contributed by atoms with Crippen LogP contribution in [0.3, 0.4) is 0 Å². The van der Waals surface area contributed by atoms with E-state index in [4.69, 9.17) is 0 Å². The van der Waals surface area contributed by atoms with Crippen LogP contribution in [0, 0.1) is 0 Å². The predicted molar refractivity (Wildman–Crippen MR) is 69.0 cm³/mol. The standard InChI is InChI=1S/C14H16N2O/c1-10(17)14(15-2)9-11-5-6-13-12(8-11)4-3-7-16-13/h3-8,14-15H,9H2,1-2H3. The van der Waals surface area contributed by atoms with Crippen molar-refractivity contribution in [3.05, 3.63) is 42.1 Å². The molecule has 2 aromatic rings. The molecular weight excluding hydrogens is 212 g/mol. The van der Waals surface area contributed by atoms with E-state index in [1.165, 1.54) is 0 Å². The molecule has 1 atom stereocenters. The van der Waals surface area contributed by atoms with Crippen molar-refractivity contribution in [3.8, 4) is 0 Å². The Hall–Kier alpha value is -1.74. The van der Waals surface area contributed by atoms with E-state index in [1.54, 1.807) is 13.1 Å². The highest BCUT2D eigenvalue weighted by atomic mass is 16.1. The summed E-state index contributed by atoms with van der Waals surface area (Å²) in [6.45, 7) is 1.61. The van der Waals surface area contributed by atoms with Crippen molar-refractivity contribution in [3.63, 3.8) is 0 Å². The zero-order chi connectivity index (χ0) is 12.3. The summed E-state index contributed by atoms with van der Waals surface area (Å²) in [6, 6.07) is 9.97. The minimum Gasteiger partial charge on any atom is -0.310 e. The monoisotopic (exact) mass is 228 g/mol. The number of Topliss-reactive ketones (excluding diaryl/α,β-unsaturated/α-hetero) is 1. The molecule has 1 aromatic carbocycles. The highest BCUT2D eigenvalue weighted by Gasteiger charge is 2.12. The first-order chi connectivity index (χ1) is 8.20. The smallest absolute Gasteiger partial charge is 0.147 e. The molecule has 0 fully saturated rings. The molecule has 3 heteroatoms. The van der Waals surface area contributed by atoms with Gasteiger partial charge in [-0.15, -0.1) is 0 Å². The van der Waals surface area contributed by atoms with Gasteiger partial charge in [0.25, 0.3) is 0 Å². The summed E-state index contributed by atoms with van der Waals surface area (Å²) in [5.41, 5.74) is 2.14. The van der Waals surface area contributed by atoms with E-state index in [-0.39, 0.29) is 11.8 Å². The lowest BCUT2D eigenvalue weighted by Crippen LogP contribution is -2.34. The third-order valence-corrected chi connectivity index (χ3v) is 2.95. The summed E-state index contributed by atoms with van der Waals surface area (Å²) in [4.78, 5) is 15.6. The number of hydrogen-bond acceptors (Lipinski definition) is 3. The van der Waals surface area contributed by atoms with Crippen LogP contribution >= 0.6 is 0 Å². The van der Waals surface area contributed by atoms with Crippen LogP contribution in [0.4, 0.5) is 0 Å². The second-order valence-electron chi connectivity index (χ2n) is 4.19. The van der Waals surface area contributed by atoms with Gasteiger partial charge in [-0.25, -0.2) is 0 Å². The van der Waals surface area contributed by atoms with E-state index >= 15 is 0 Å². The quantitative estimate of drug-likeness (QED) is 0.869. The number of likely N-dealkylation sites (N-methyl/N-ethyl adjacent to an activating group) is 1. The van der Waals surface area contributed by atoms with Crippen molar-refractivity contribution < 1.29 is 4.79 Å². The van der Waals surface area contributed by atoms with E-state index in [1.807, 2.05) is 31.3 Å². The lowest BCUT2D eigenvalue weighted by molar-refractivity contribution is -0.118. The van der Waals surface area contributed by atoms with Gasteiger partial charge >= 0.3 is 0 Å². The molecule has 0 aliphatic heterocycles. The van der Waals surface area contributed by atoms with E-state index in [2.05, 4.69) is 16.4 Å². The molecule has 2 rings (SSSR count). The van der Waals surface area contributed by atoms with Crippen LogP contribution in [0.1, 0.15) is 12.5 Å². The molecule has 1 heterocycles. The molecule has 1 unspecified atom stereocenters. The summed E-state index contributed by atoms with van der Waals surface area (Å²) in [7, 11) is 1.81. The van der Waals surface area contributed by atoms with E-state index in [9.17, 15) is 4.79 Å². The molecule has 88 valence electrons. The molecular formula is C14H16N2O. The number of rotatable bonds is 4. The second kappa shape index (κ2) is 5.06. The molecule has 0 spiro atoms. The van der Waals surface area contributed by atoms with Crippen LogP contribution in [0.25, 0.3) is 10.9 Å². The van der Waals surface area contributed by atoms with Gasteiger partial charge in [-0.2, -0.15) is 0 Å². The first-order valence-electron chi connectivity index (χ1n) is 5.72. The van der Waals surface area contributed by atoms with E-state index < -0.39 is 0 Å². The van der Waals surface area contributed by atoms with Crippen molar-refractivity contribution in [2.45, 2.75) is 19.4 Å². The molecule has 0 bridgehead atoms. The van der Waals surface area contributed by atoms with Crippen LogP contribution in [0.2, 0.25) is 0 Å². The third kappa shape index (κ3) is 2.68. The first kappa shape index (κ1) is 11.7. The Morgan fingerprint density at radius 2 is 2.24 bits per heavy atom. The maximum Gasteiger partial charge on any atom is 0.147 e. The zero-order valence-electron chi connectivity index (χ0n) is 10.1. The lowest BCUT2D eigenvalue weighted by atomic mass is 10.0. The van der Waals surface area contributed by atoms with Gasteiger partial charge in [-0.05, 0) is 44.2 Å². The Morgan fingerprint density at radius 1 is 1.41 bits per heavy atom. The zero-order valence-corrected chi connectivity index (χ0v) is 10.1. The average Bonchev–Trinajstić information content (AvgIpc) is 2.35. The van der Waals surface area contributed by atoms with Crippen molar-refractivity contribution in [2.75, 3.05) is 7.05 Å². The second-order valence-corrected chi connectivity index (χ2v) is 4.19. The SMILES string of the molecule is CNC(Cc1ccc2ncccc2c1)C(C)=O. The van der Waals surface area contributed by atoms with Gasteiger partial charge in [0.1, 0.15) is 5.78 Å². The Bertz CT molecular complexity index is 536. The summed E-state index contributed by atoms with van der Waals surface area (Å²) >= 11 is 0. The molecule has 0 amide bonds. The predicted octanol–water partition coefficient (Wildman–Crippen LogP) is 1.95. The summed E-state index contributed by atoms with van der Waals surface area (Å²) in [5, 5.41) is 4.15. The fourth-order valence-corrected chi connectivity index (χ4v) is 1.94. The number of benzene rings is 1. The Morgan fingerprint density at radius 3 is 2.94 bits per heavy atom. The number of fused-ring (bicyclic) bond motifs is 1. The van der Waals surface area contributed by atoms with Gasteiger partial charge < -0.3 is 5.32 Å². The van der Waals surface area contributed by atoms with Crippen molar-refractivity contribution in [2.24, 2.45) is 0 Å². The van der Waals surface area contributed by atoms with Gasteiger partial charge in [0, 0.05) is 11.6 Å². The van der Waals surface area contributed by atoms with Gasteiger partial charge in [0.05, 0.1) is 11.6 Å². The lowest BCUT2D eigenvalue weighted by Gasteiger charge is -2.12. The minimum atomic E-state index is -0.107. The number of aromatic nitrogens is 1. The van der Waals surface area contributed by atoms with E-state index in [0.717, 1.165) is 22.9 Å². The van der Waals surface area contributed by atoms with Gasteiger partial charge in [-0.1, -0.05) is 12.1 Å². The number of carbonyl (C=O) groups is 1. The molecule has 0 saturated heterocycles. The van der Waals surface area contributed by atoms with Crippen LogP contribution in [0.15, 0.2) is 36.5 Å². The van der Waals surface area contributed by atoms with Gasteiger partial charge in [-0.3, -0.25) is 9.78 Å². The highest BCUT2D eigenvalue weighted by molar-refractivity contribution is 5.82. The fraction of sp³-hybridized carbons (Fsp3) is 0.286. The number of carbonyl (C=O) groups excluding carboxylic acids is 1. The van der Waals surface area contributed by atoms with E-state index in [0.29, 0.717) is 0 Å². The maximum atomic E-state index is 11.4. The van der Waals surface area contributed by atoms with Crippen molar-refractivity contribution in [1.29, 1.82) is 0 Å². The molecule has 0 aliphatic rings. The highest BCUT2D eigenvalue weighted by Crippen LogP contribution is 2.14. The van der Waals surface area contributed by atoms with Crippen LogP contribution in [0.5, 0.6) is 0 Å². The molecule has 3 nitrogen and oxygen atoms in total. The Kier molecular flexibility index (Phi) is 3.49. The molecule has 17 heavy (non-hydrogen) atoms. The van der Waals surface area contributed by atoms with Crippen molar-refractivity contribution in [1.82, 2.24) is 10.3 Å². The summed E-state index contributed by atoms with van der Waals surface area (Å²) in [6.07, 6.45) is 2.50. The van der Waals surface area contributed by atoms with Crippen LogP contribution in [-0.4, -0.2) is 23.9 Å². The maximum absolute atomic E-state index is 11.4. The Labute approximate surface area is 101 Å².